The van der Waals surface area contributed by atoms with Gasteiger partial charge in [0, 0.05) is 29.7 Å². The summed E-state index contributed by atoms with van der Waals surface area (Å²) in [5.41, 5.74) is 1.30. The van der Waals surface area contributed by atoms with Crippen LogP contribution in [-0.2, 0) is 6.42 Å². The number of aromatic amines is 1. The van der Waals surface area contributed by atoms with Crippen molar-refractivity contribution in [1.82, 2.24) is 15.2 Å². The van der Waals surface area contributed by atoms with Crippen molar-refractivity contribution in [1.29, 1.82) is 0 Å². The summed E-state index contributed by atoms with van der Waals surface area (Å²) in [6.45, 7) is -1.02. The molecule has 0 saturated heterocycles. The molecule has 1 atom stereocenters. The average molecular weight is 485 g/mol. The first kappa shape index (κ1) is 24.4. The fourth-order valence-corrected chi connectivity index (χ4v) is 4.48. The first-order valence-electron chi connectivity index (χ1n) is 11.1. The molecule has 10 heteroatoms. The fourth-order valence-electron chi connectivity index (χ4n) is 4.48. The van der Waals surface area contributed by atoms with Crippen molar-refractivity contribution in [2.24, 2.45) is 0 Å². The molecule has 2 heterocycles. The van der Waals surface area contributed by atoms with Crippen molar-refractivity contribution in [3.8, 4) is 5.75 Å². The predicted molar refractivity (Wildman–Crippen MR) is 117 cm³/mol. The maximum Gasteiger partial charge on any atom is 0.401 e. The lowest BCUT2D eigenvalue weighted by molar-refractivity contribution is -0.150. The number of ether oxygens (including phenoxy) is 1. The van der Waals surface area contributed by atoms with Crippen molar-refractivity contribution in [2.75, 3.05) is 39.5 Å². The second kappa shape index (κ2) is 10.3. The zero-order valence-corrected chi connectivity index (χ0v) is 18.3. The molecule has 2 aromatic carbocycles. The molecule has 3 aromatic rings. The molecule has 4 nitrogen and oxygen atoms in total. The van der Waals surface area contributed by atoms with E-state index < -0.39 is 42.6 Å². The van der Waals surface area contributed by atoms with Crippen LogP contribution in [0.4, 0.5) is 26.3 Å². The normalized spacial score (nSPS) is 16.7. The van der Waals surface area contributed by atoms with Crippen molar-refractivity contribution < 1.29 is 31.1 Å². The third kappa shape index (κ3) is 5.17. The number of alkyl halides is 4. The van der Waals surface area contributed by atoms with Crippen LogP contribution in [0, 0.1) is 11.6 Å². The van der Waals surface area contributed by atoms with Crippen LogP contribution in [0.1, 0.15) is 29.3 Å². The van der Waals surface area contributed by atoms with Crippen LogP contribution in [0.2, 0.25) is 0 Å². The quantitative estimate of drug-likeness (QED) is 0.320. The highest BCUT2D eigenvalue weighted by atomic mass is 19.4. The van der Waals surface area contributed by atoms with Crippen molar-refractivity contribution >= 4 is 10.9 Å². The van der Waals surface area contributed by atoms with E-state index in [4.69, 9.17) is 4.74 Å². The van der Waals surface area contributed by atoms with E-state index in [-0.39, 0.29) is 18.9 Å². The first-order chi connectivity index (χ1) is 16.3. The summed E-state index contributed by atoms with van der Waals surface area (Å²) in [6, 6.07) is 8.04. The monoisotopic (exact) mass is 485 g/mol. The lowest BCUT2D eigenvalue weighted by Crippen LogP contribution is -2.42. The Bertz CT molecular complexity index is 1130. The van der Waals surface area contributed by atoms with Crippen molar-refractivity contribution in [3.05, 3.63) is 64.9 Å². The van der Waals surface area contributed by atoms with Gasteiger partial charge in [0.05, 0.1) is 24.8 Å². The second-order valence-corrected chi connectivity index (χ2v) is 8.22. The minimum absolute atomic E-state index is 0.0124. The molecular weight excluding hydrogens is 460 g/mol. The Hall–Kier alpha value is -2.72. The number of halogens is 6. The van der Waals surface area contributed by atoms with Gasteiger partial charge in [0.1, 0.15) is 12.4 Å². The lowest BCUT2D eigenvalue weighted by atomic mass is 9.91. The molecule has 184 valence electrons. The van der Waals surface area contributed by atoms with Gasteiger partial charge in [-0.3, -0.25) is 9.29 Å². The molecule has 1 unspecified atom stereocenters. The number of benzene rings is 2. The lowest BCUT2D eigenvalue weighted by Gasteiger charge is -2.36. The average Bonchev–Trinajstić information content (AvgIpc) is 3.16. The Balaban J connectivity index is 1.71. The van der Waals surface area contributed by atoms with Gasteiger partial charge in [0.25, 0.3) is 0 Å². The molecule has 1 aromatic heterocycles. The minimum Gasteiger partial charge on any atom is -0.489 e. The number of H-pyrrole nitrogens is 1. The standard InChI is InChI=1S/C24H25F6N3O/c25-9-3-10-31-11-13-34-19-7-6-17(26)20(21(19)27)23-22-16(8-12-33(23)14-24(28,29)30)15-4-1-2-5-18(15)32-22/h1-2,4-7,23,31-32H,3,8-14H2. The van der Waals surface area contributed by atoms with Crippen molar-refractivity contribution in [2.45, 2.75) is 25.1 Å². The number of hydrogen-bond acceptors (Lipinski definition) is 3. The van der Waals surface area contributed by atoms with Crippen LogP contribution in [0.5, 0.6) is 5.75 Å². The SMILES string of the molecule is FCCCNCCOc1ccc(F)c(C2c3[nH]c4ccccc4c3CCN2CC(F)(F)F)c1F. The summed E-state index contributed by atoms with van der Waals surface area (Å²) < 4.78 is 88.3. The maximum atomic E-state index is 15.5. The largest absolute Gasteiger partial charge is 0.489 e. The van der Waals surface area contributed by atoms with Crippen LogP contribution in [-0.4, -0.2) is 55.5 Å². The highest BCUT2D eigenvalue weighted by Crippen LogP contribution is 2.42. The van der Waals surface area contributed by atoms with Gasteiger partial charge in [0.15, 0.2) is 11.6 Å². The Morgan fingerprint density at radius 1 is 1.09 bits per heavy atom. The summed E-state index contributed by atoms with van der Waals surface area (Å²) in [4.78, 5) is 4.15. The topological polar surface area (TPSA) is 40.3 Å². The van der Waals surface area contributed by atoms with Gasteiger partial charge < -0.3 is 15.0 Å². The van der Waals surface area contributed by atoms with Crippen LogP contribution < -0.4 is 10.1 Å². The summed E-state index contributed by atoms with van der Waals surface area (Å²) >= 11 is 0. The molecular formula is C24H25F6N3O. The Morgan fingerprint density at radius 2 is 1.88 bits per heavy atom. The van der Waals surface area contributed by atoms with Gasteiger partial charge in [-0.1, -0.05) is 18.2 Å². The van der Waals surface area contributed by atoms with Gasteiger partial charge in [-0.05, 0) is 43.1 Å². The van der Waals surface area contributed by atoms with Gasteiger partial charge in [-0.25, -0.2) is 8.78 Å². The number of fused-ring (bicyclic) bond motifs is 3. The summed E-state index contributed by atoms with van der Waals surface area (Å²) in [6.07, 6.45) is -3.90. The zero-order chi connectivity index (χ0) is 24.3. The third-order valence-electron chi connectivity index (χ3n) is 5.90. The first-order valence-corrected chi connectivity index (χ1v) is 11.1. The molecule has 0 amide bonds. The second-order valence-electron chi connectivity index (χ2n) is 8.22. The van der Waals surface area contributed by atoms with E-state index >= 15 is 8.78 Å². The van der Waals surface area contributed by atoms with Crippen LogP contribution in [0.25, 0.3) is 10.9 Å². The molecule has 0 saturated carbocycles. The number of rotatable bonds is 9. The van der Waals surface area contributed by atoms with E-state index in [1.54, 1.807) is 12.1 Å². The number of para-hydroxylation sites is 1. The van der Waals surface area contributed by atoms with E-state index in [2.05, 4.69) is 10.3 Å². The predicted octanol–water partition coefficient (Wildman–Crippen LogP) is 5.28. The number of aromatic nitrogens is 1. The Kier molecular flexibility index (Phi) is 7.37. The molecule has 34 heavy (non-hydrogen) atoms. The number of nitrogens with one attached hydrogen (secondary N) is 2. The van der Waals surface area contributed by atoms with Gasteiger partial charge >= 0.3 is 6.18 Å². The van der Waals surface area contributed by atoms with E-state index in [1.807, 2.05) is 12.1 Å². The fraction of sp³-hybridized carbons (Fsp3) is 0.417. The van der Waals surface area contributed by atoms with Crippen LogP contribution in [0.15, 0.2) is 36.4 Å². The molecule has 0 aliphatic carbocycles. The molecule has 2 N–H and O–H groups in total. The third-order valence-corrected chi connectivity index (χ3v) is 5.90. The maximum absolute atomic E-state index is 15.5. The summed E-state index contributed by atoms with van der Waals surface area (Å²) in [5.74, 6) is -2.24. The van der Waals surface area contributed by atoms with Crippen LogP contribution >= 0.6 is 0 Å². The highest BCUT2D eigenvalue weighted by molar-refractivity contribution is 5.85. The van der Waals surface area contributed by atoms with Gasteiger partial charge in [-0.15, -0.1) is 0 Å². The van der Waals surface area contributed by atoms with E-state index in [0.717, 1.165) is 28.0 Å². The molecule has 0 fully saturated rings. The Labute approximate surface area is 192 Å². The minimum atomic E-state index is -4.55. The number of nitrogens with zero attached hydrogens (tertiary/aromatic N) is 1. The smallest absolute Gasteiger partial charge is 0.401 e. The van der Waals surface area contributed by atoms with E-state index in [0.29, 0.717) is 37.1 Å². The summed E-state index contributed by atoms with van der Waals surface area (Å²) in [5, 5.41) is 3.75. The molecule has 0 radical (unpaired) electrons. The summed E-state index contributed by atoms with van der Waals surface area (Å²) in [7, 11) is 0. The number of hydrogen-bond donors (Lipinski definition) is 2. The van der Waals surface area contributed by atoms with Gasteiger partial charge in [0.2, 0.25) is 0 Å². The molecule has 1 aliphatic rings. The molecule has 0 bridgehead atoms. The molecule has 0 spiro atoms. The van der Waals surface area contributed by atoms with Crippen molar-refractivity contribution in [3.63, 3.8) is 0 Å². The van der Waals surface area contributed by atoms with Crippen LogP contribution in [0.3, 0.4) is 0 Å². The van der Waals surface area contributed by atoms with E-state index in [9.17, 15) is 17.6 Å². The van der Waals surface area contributed by atoms with E-state index in [1.165, 1.54) is 0 Å². The molecule has 1 aliphatic heterocycles. The molecule has 4 rings (SSSR count). The highest BCUT2D eigenvalue weighted by Gasteiger charge is 2.41. The zero-order valence-electron chi connectivity index (χ0n) is 18.3. The Morgan fingerprint density at radius 3 is 2.65 bits per heavy atom. The van der Waals surface area contributed by atoms with Gasteiger partial charge in [-0.2, -0.15) is 13.2 Å².